The van der Waals surface area contributed by atoms with Gasteiger partial charge in [0.2, 0.25) is 0 Å². The fourth-order valence-corrected chi connectivity index (χ4v) is 3.08. The van der Waals surface area contributed by atoms with Gasteiger partial charge in [0.25, 0.3) is 0 Å². The Balaban J connectivity index is 1.68. The number of nitrogens with zero attached hydrogens (tertiary/aromatic N) is 4. The quantitative estimate of drug-likeness (QED) is 0.856. The number of β-amino-alcohol motifs (C(OH)–C–C–N with tert-alkyl or cyclic N) is 1. The zero-order chi connectivity index (χ0) is 13.2. The lowest BCUT2D eigenvalue weighted by Gasteiger charge is -2.29. The summed E-state index contributed by atoms with van der Waals surface area (Å²) in [5.74, 6) is 1.41. The minimum atomic E-state index is -0.214. The van der Waals surface area contributed by atoms with E-state index in [2.05, 4.69) is 39.2 Å². The molecule has 104 valence electrons. The van der Waals surface area contributed by atoms with Crippen LogP contribution in [0, 0.1) is 0 Å². The van der Waals surface area contributed by atoms with Crippen LogP contribution in [-0.4, -0.2) is 59.5 Å². The van der Waals surface area contributed by atoms with E-state index in [1.54, 1.807) is 0 Å². The van der Waals surface area contributed by atoms with E-state index >= 15 is 0 Å². The second-order valence-corrected chi connectivity index (χ2v) is 5.81. The van der Waals surface area contributed by atoms with Gasteiger partial charge in [-0.2, -0.15) is 5.10 Å². The summed E-state index contributed by atoms with van der Waals surface area (Å²) in [5.41, 5.74) is 1.11. The molecule has 19 heavy (non-hydrogen) atoms. The fraction of sp³-hybridized carbons (Fsp3) is 0.714. The van der Waals surface area contributed by atoms with Crippen molar-refractivity contribution in [2.24, 2.45) is 0 Å². The van der Waals surface area contributed by atoms with Crippen molar-refractivity contribution in [1.29, 1.82) is 0 Å². The van der Waals surface area contributed by atoms with Crippen molar-refractivity contribution in [3.63, 3.8) is 0 Å². The van der Waals surface area contributed by atoms with Gasteiger partial charge in [0.1, 0.15) is 0 Å². The van der Waals surface area contributed by atoms with Crippen LogP contribution < -0.4 is 4.90 Å². The third kappa shape index (κ3) is 2.87. The van der Waals surface area contributed by atoms with Crippen LogP contribution in [0.5, 0.6) is 0 Å². The Bertz CT molecular complexity index is 422. The minimum Gasteiger partial charge on any atom is -0.391 e. The molecule has 5 heteroatoms. The molecule has 2 saturated heterocycles. The van der Waals surface area contributed by atoms with Crippen LogP contribution in [-0.2, 0) is 0 Å². The lowest BCUT2D eigenvalue weighted by molar-refractivity contribution is 0.198. The van der Waals surface area contributed by atoms with Gasteiger partial charge in [-0.3, -0.25) is 0 Å². The van der Waals surface area contributed by atoms with Gasteiger partial charge < -0.3 is 14.9 Å². The minimum absolute atomic E-state index is 0.214. The molecule has 2 unspecified atom stereocenters. The Morgan fingerprint density at radius 1 is 1.16 bits per heavy atom. The van der Waals surface area contributed by atoms with Crippen molar-refractivity contribution >= 4 is 5.82 Å². The molecule has 2 aliphatic heterocycles. The standard InChI is InChI=1S/C14H22N4O/c1-17-7-2-3-11(9-17)13-4-5-14(16-15-13)18-8-6-12(19)10-18/h4-5,11-12,19H,2-3,6-10H2,1H3. The summed E-state index contributed by atoms with van der Waals surface area (Å²) in [6.07, 6.45) is 3.06. The molecular formula is C14H22N4O. The number of aromatic nitrogens is 2. The van der Waals surface area contributed by atoms with E-state index in [-0.39, 0.29) is 6.10 Å². The third-order valence-electron chi connectivity index (χ3n) is 4.20. The number of aliphatic hydroxyl groups is 1. The summed E-state index contributed by atoms with van der Waals surface area (Å²) in [6.45, 7) is 3.83. The number of rotatable bonds is 2. The average molecular weight is 262 g/mol. The van der Waals surface area contributed by atoms with Gasteiger partial charge in [0, 0.05) is 25.6 Å². The highest BCUT2D eigenvalue weighted by Gasteiger charge is 2.23. The number of likely N-dealkylation sites (tertiary alicyclic amines) is 1. The first-order chi connectivity index (χ1) is 9.22. The van der Waals surface area contributed by atoms with Crippen LogP contribution in [0.25, 0.3) is 0 Å². The number of aliphatic hydroxyl groups excluding tert-OH is 1. The van der Waals surface area contributed by atoms with Crippen LogP contribution in [0.15, 0.2) is 12.1 Å². The summed E-state index contributed by atoms with van der Waals surface area (Å²) in [6, 6.07) is 4.16. The molecule has 3 heterocycles. The first kappa shape index (κ1) is 12.8. The van der Waals surface area contributed by atoms with Crippen molar-refractivity contribution in [1.82, 2.24) is 15.1 Å². The van der Waals surface area contributed by atoms with Gasteiger partial charge in [0.05, 0.1) is 11.8 Å². The largest absolute Gasteiger partial charge is 0.391 e. The van der Waals surface area contributed by atoms with Gasteiger partial charge in [0.15, 0.2) is 5.82 Å². The summed E-state index contributed by atoms with van der Waals surface area (Å²) in [7, 11) is 2.17. The monoisotopic (exact) mass is 262 g/mol. The van der Waals surface area contributed by atoms with E-state index in [1.807, 2.05) is 0 Å². The number of piperidine rings is 1. The summed E-state index contributed by atoms with van der Waals surface area (Å²) < 4.78 is 0. The van der Waals surface area contributed by atoms with E-state index < -0.39 is 0 Å². The molecule has 1 N–H and O–H groups in total. The Morgan fingerprint density at radius 2 is 2.05 bits per heavy atom. The maximum absolute atomic E-state index is 9.55. The van der Waals surface area contributed by atoms with Gasteiger partial charge in [-0.1, -0.05) is 0 Å². The summed E-state index contributed by atoms with van der Waals surface area (Å²) >= 11 is 0. The van der Waals surface area contributed by atoms with Gasteiger partial charge in [-0.15, -0.1) is 5.10 Å². The normalized spacial score (nSPS) is 28.8. The zero-order valence-electron chi connectivity index (χ0n) is 11.5. The van der Waals surface area contributed by atoms with Crippen LogP contribution in [0.4, 0.5) is 5.82 Å². The highest BCUT2D eigenvalue weighted by molar-refractivity contribution is 5.39. The summed E-state index contributed by atoms with van der Waals surface area (Å²) in [4.78, 5) is 4.47. The molecule has 0 amide bonds. The molecule has 3 rings (SSSR count). The lowest BCUT2D eigenvalue weighted by Crippen LogP contribution is -2.31. The molecule has 1 aromatic heterocycles. The number of likely N-dealkylation sites (N-methyl/N-ethyl adjacent to an activating group) is 1. The summed E-state index contributed by atoms with van der Waals surface area (Å²) in [5, 5.41) is 18.3. The molecule has 2 atom stereocenters. The van der Waals surface area contributed by atoms with Crippen LogP contribution in [0.3, 0.4) is 0 Å². The van der Waals surface area contributed by atoms with E-state index in [9.17, 15) is 5.11 Å². The number of hydrogen-bond acceptors (Lipinski definition) is 5. The molecule has 0 saturated carbocycles. The molecule has 0 bridgehead atoms. The maximum atomic E-state index is 9.55. The number of hydrogen-bond donors (Lipinski definition) is 1. The maximum Gasteiger partial charge on any atom is 0.151 e. The smallest absolute Gasteiger partial charge is 0.151 e. The predicted octanol–water partition coefficient (Wildman–Crippen LogP) is 0.857. The molecule has 1 aromatic rings. The second-order valence-electron chi connectivity index (χ2n) is 5.81. The SMILES string of the molecule is CN1CCCC(c2ccc(N3CCC(O)C3)nn2)C1. The van der Waals surface area contributed by atoms with E-state index in [0.717, 1.165) is 31.0 Å². The second kappa shape index (κ2) is 5.43. The average Bonchev–Trinajstić information content (AvgIpc) is 2.86. The third-order valence-corrected chi connectivity index (χ3v) is 4.20. The van der Waals surface area contributed by atoms with Crippen molar-refractivity contribution in [3.05, 3.63) is 17.8 Å². The Morgan fingerprint density at radius 3 is 2.68 bits per heavy atom. The van der Waals surface area contributed by atoms with Gasteiger partial charge >= 0.3 is 0 Å². The Labute approximate surface area is 114 Å². The van der Waals surface area contributed by atoms with Crippen molar-refractivity contribution in [3.8, 4) is 0 Å². The van der Waals surface area contributed by atoms with Crippen LogP contribution in [0.1, 0.15) is 30.9 Å². The predicted molar refractivity (Wildman–Crippen MR) is 74.3 cm³/mol. The first-order valence-corrected chi connectivity index (χ1v) is 7.17. The lowest BCUT2D eigenvalue weighted by atomic mass is 9.95. The van der Waals surface area contributed by atoms with Crippen molar-refractivity contribution < 1.29 is 5.11 Å². The van der Waals surface area contributed by atoms with Gasteiger partial charge in [-0.05, 0) is 45.0 Å². The zero-order valence-corrected chi connectivity index (χ0v) is 11.5. The van der Waals surface area contributed by atoms with E-state index in [1.165, 1.54) is 19.4 Å². The fourth-order valence-electron chi connectivity index (χ4n) is 3.08. The molecule has 5 nitrogen and oxygen atoms in total. The highest BCUT2D eigenvalue weighted by atomic mass is 16.3. The highest BCUT2D eigenvalue weighted by Crippen LogP contribution is 2.25. The molecule has 2 aliphatic rings. The topological polar surface area (TPSA) is 52.5 Å². The van der Waals surface area contributed by atoms with E-state index in [0.29, 0.717) is 12.5 Å². The van der Waals surface area contributed by atoms with E-state index in [4.69, 9.17) is 0 Å². The number of anilines is 1. The van der Waals surface area contributed by atoms with Crippen molar-refractivity contribution in [2.45, 2.75) is 31.3 Å². The molecule has 0 aliphatic carbocycles. The molecule has 0 spiro atoms. The first-order valence-electron chi connectivity index (χ1n) is 7.17. The Hall–Kier alpha value is -1.20. The van der Waals surface area contributed by atoms with Gasteiger partial charge in [-0.25, -0.2) is 0 Å². The van der Waals surface area contributed by atoms with Crippen LogP contribution >= 0.6 is 0 Å². The molecular weight excluding hydrogens is 240 g/mol. The molecule has 0 radical (unpaired) electrons. The molecule has 2 fully saturated rings. The van der Waals surface area contributed by atoms with Crippen molar-refractivity contribution in [2.75, 3.05) is 38.1 Å². The Kier molecular flexibility index (Phi) is 3.66. The van der Waals surface area contributed by atoms with Crippen LogP contribution in [0.2, 0.25) is 0 Å². The molecule has 0 aromatic carbocycles.